The SMILES string of the molecule is C=CCN(C(=O)c1cc(C)c(Br)s1)C1CCCC1. The summed E-state index contributed by atoms with van der Waals surface area (Å²) in [5.74, 6) is 0.153. The number of hydrogen-bond acceptors (Lipinski definition) is 2. The quantitative estimate of drug-likeness (QED) is 0.751. The smallest absolute Gasteiger partial charge is 0.264 e. The van der Waals surface area contributed by atoms with Gasteiger partial charge in [-0.15, -0.1) is 17.9 Å². The Morgan fingerprint density at radius 1 is 1.61 bits per heavy atom. The lowest BCUT2D eigenvalue weighted by atomic mass is 10.2. The van der Waals surface area contributed by atoms with Gasteiger partial charge in [0, 0.05) is 12.6 Å². The van der Waals surface area contributed by atoms with E-state index in [9.17, 15) is 4.79 Å². The summed E-state index contributed by atoms with van der Waals surface area (Å²) in [6.07, 6.45) is 6.56. The molecule has 1 heterocycles. The van der Waals surface area contributed by atoms with Crippen LogP contribution in [0.1, 0.15) is 40.9 Å². The molecule has 0 spiro atoms. The van der Waals surface area contributed by atoms with Crippen molar-refractivity contribution in [1.82, 2.24) is 4.90 Å². The van der Waals surface area contributed by atoms with Gasteiger partial charge < -0.3 is 4.90 Å². The van der Waals surface area contributed by atoms with Gasteiger partial charge in [-0.25, -0.2) is 0 Å². The summed E-state index contributed by atoms with van der Waals surface area (Å²) < 4.78 is 1.05. The van der Waals surface area contributed by atoms with Crippen LogP contribution in [0.5, 0.6) is 0 Å². The zero-order chi connectivity index (χ0) is 13.1. The highest BCUT2D eigenvalue weighted by atomic mass is 79.9. The van der Waals surface area contributed by atoms with Crippen molar-refractivity contribution in [3.8, 4) is 0 Å². The first kappa shape index (κ1) is 13.8. The topological polar surface area (TPSA) is 20.3 Å². The Balaban J connectivity index is 2.19. The van der Waals surface area contributed by atoms with E-state index < -0.39 is 0 Å². The summed E-state index contributed by atoms with van der Waals surface area (Å²) in [7, 11) is 0. The number of amides is 1. The molecule has 0 aromatic carbocycles. The average Bonchev–Trinajstić information content (AvgIpc) is 2.97. The van der Waals surface area contributed by atoms with Crippen molar-refractivity contribution in [2.75, 3.05) is 6.54 Å². The highest BCUT2D eigenvalue weighted by Crippen LogP contribution is 2.30. The highest BCUT2D eigenvalue weighted by molar-refractivity contribution is 9.11. The summed E-state index contributed by atoms with van der Waals surface area (Å²) in [6, 6.07) is 2.37. The Labute approximate surface area is 121 Å². The molecule has 0 radical (unpaired) electrons. The summed E-state index contributed by atoms with van der Waals surface area (Å²) in [5, 5.41) is 0. The Hall–Kier alpha value is -0.610. The molecule has 98 valence electrons. The molecule has 1 fully saturated rings. The van der Waals surface area contributed by atoms with Crippen molar-refractivity contribution >= 4 is 33.2 Å². The predicted octanol–water partition coefficient (Wildman–Crippen LogP) is 4.39. The third-order valence-electron chi connectivity index (χ3n) is 3.42. The predicted molar refractivity (Wildman–Crippen MR) is 80.2 cm³/mol. The molecule has 2 nitrogen and oxygen atoms in total. The lowest BCUT2D eigenvalue weighted by Crippen LogP contribution is -2.38. The minimum atomic E-state index is 0.153. The van der Waals surface area contributed by atoms with Crippen LogP contribution >= 0.6 is 27.3 Å². The van der Waals surface area contributed by atoms with Crippen LogP contribution in [-0.4, -0.2) is 23.4 Å². The molecule has 0 N–H and O–H groups in total. The molecule has 1 aromatic rings. The number of halogens is 1. The van der Waals surface area contributed by atoms with Gasteiger partial charge in [0.05, 0.1) is 8.66 Å². The molecule has 0 bridgehead atoms. The summed E-state index contributed by atoms with van der Waals surface area (Å²) in [6.45, 7) is 6.44. The van der Waals surface area contributed by atoms with E-state index in [0.717, 1.165) is 27.1 Å². The van der Waals surface area contributed by atoms with E-state index in [1.807, 2.05) is 24.0 Å². The number of rotatable bonds is 4. The van der Waals surface area contributed by atoms with E-state index in [1.165, 1.54) is 24.2 Å². The fraction of sp³-hybridized carbons (Fsp3) is 0.500. The molecule has 1 aliphatic carbocycles. The number of nitrogens with zero attached hydrogens (tertiary/aromatic N) is 1. The monoisotopic (exact) mass is 327 g/mol. The fourth-order valence-electron chi connectivity index (χ4n) is 2.46. The molecule has 0 saturated heterocycles. The van der Waals surface area contributed by atoms with Crippen LogP contribution < -0.4 is 0 Å². The number of hydrogen-bond donors (Lipinski definition) is 0. The van der Waals surface area contributed by atoms with Crippen LogP contribution in [0.4, 0.5) is 0 Å². The highest BCUT2D eigenvalue weighted by Gasteiger charge is 2.27. The second-order valence-electron chi connectivity index (χ2n) is 4.75. The summed E-state index contributed by atoms with van der Waals surface area (Å²) in [5.41, 5.74) is 1.13. The average molecular weight is 328 g/mol. The standard InChI is InChI=1S/C14H18BrNOS/c1-3-8-16(11-6-4-5-7-11)14(17)12-9-10(2)13(15)18-12/h3,9,11H,1,4-8H2,2H3. The lowest BCUT2D eigenvalue weighted by molar-refractivity contribution is 0.0711. The molecule has 1 aromatic heterocycles. The van der Waals surface area contributed by atoms with Crippen molar-refractivity contribution < 1.29 is 4.79 Å². The largest absolute Gasteiger partial charge is 0.331 e. The molecule has 18 heavy (non-hydrogen) atoms. The molecule has 4 heteroatoms. The minimum absolute atomic E-state index is 0.153. The van der Waals surface area contributed by atoms with Crippen LogP contribution in [0.25, 0.3) is 0 Å². The van der Waals surface area contributed by atoms with E-state index in [-0.39, 0.29) is 5.91 Å². The second-order valence-corrected chi connectivity index (χ2v) is 7.12. The second kappa shape index (κ2) is 6.02. The van der Waals surface area contributed by atoms with Crippen LogP contribution in [0.2, 0.25) is 0 Å². The molecule has 1 aliphatic rings. The molecular formula is C14H18BrNOS. The Bertz CT molecular complexity index is 429. The lowest BCUT2D eigenvalue weighted by Gasteiger charge is -2.27. The maximum atomic E-state index is 12.6. The van der Waals surface area contributed by atoms with Crippen molar-refractivity contribution in [3.63, 3.8) is 0 Å². The van der Waals surface area contributed by atoms with E-state index in [1.54, 1.807) is 0 Å². The number of thiophene rings is 1. The van der Waals surface area contributed by atoms with Gasteiger partial charge in [0.15, 0.2) is 0 Å². The maximum absolute atomic E-state index is 12.6. The Morgan fingerprint density at radius 2 is 2.28 bits per heavy atom. The fourth-order valence-corrected chi connectivity index (χ4v) is 3.95. The zero-order valence-electron chi connectivity index (χ0n) is 10.6. The van der Waals surface area contributed by atoms with Gasteiger partial charge in [-0.2, -0.15) is 0 Å². The molecule has 1 saturated carbocycles. The Kier molecular flexibility index (Phi) is 4.62. The molecule has 1 amide bonds. The van der Waals surface area contributed by atoms with Crippen LogP contribution in [0.3, 0.4) is 0 Å². The zero-order valence-corrected chi connectivity index (χ0v) is 13.0. The van der Waals surface area contributed by atoms with Crippen molar-refractivity contribution in [2.24, 2.45) is 0 Å². The third kappa shape index (κ3) is 2.86. The normalized spacial score (nSPS) is 15.9. The van der Waals surface area contributed by atoms with Crippen molar-refractivity contribution in [2.45, 2.75) is 38.6 Å². The first-order valence-electron chi connectivity index (χ1n) is 6.31. The van der Waals surface area contributed by atoms with E-state index in [4.69, 9.17) is 0 Å². The molecule has 2 rings (SSSR count). The molecule has 0 atom stereocenters. The molecule has 0 unspecified atom stereocenters. The first-order chi connectivity index (χ1) is 8.63. The van der Waals surface area contributed by atoms with Crippen LogP contribution in [-0.2, 0) is 0 Å². The van der Waals surface area contributed by atoms with Gasteiger partial charge >= 0.3 is 0 Å². The summed E-state index contributed by atoms with van der Waals surface area (Å²) in [4.78, 5) is 15.4. The van der Waals surface area contributed by atoms with Gasteiger partial charge in [-0.3, -0.25) is 4.79 Å². The van der Waals surface area contributed by atoms with Gasteiger partial charge in [0.1, 0.15) is 0 Å². The van der Waals surface area contributed by atoms with Crippen molar-refractivity contribution in [1.29, 1.82) is 0 Å². The van der Waals surface area contributed by atoms with E-state index in [2.05, 4.69) is 22.5 Å². The molecular weight excluding hydrogens is 310 g/mol. The first-order valence-corrected chi connectivity index (χ1v) is 7.92. The van der Waals surface area contributed by atoms with E-state index >= 15 is 0 Å². The summed E-state index contributed by atoms with van der Waals surface area (Å²) >= 11 is 5.01. The third-order valence-corrected chi connectivity index (χ3v) is 5.54. The number of carbonyl (C=O) groups is 1. The van der Waals surface area contributed by atoms with Gasteiger partial charge in [0.25, 0.3) is 5.91 Å². The molecule has 0 aliphatic heterocycles. The number of aryl methyl sites for hydroxylation is 1. The minimum Gasteiger partial charge on any atom is -0.331 e. The van der Waals surface area contributed by atoms with Gasteiger partial charge in [0.2, 0.25) is 0 Å². The Morgan fingerprint density at radius 3 is 2.78 bits per heavy atom. The van der Waals surface area contributed by atoms with Gasteiger partial charge in [-0.05, 0) is 47.3 Å². The van der Waals surface area contributed by atoms with Crippen LogP contribution in [0.15, 0.2) is 22.5 Å². The maximum Gasteiger partial charge on any atom is 0.264 e. The van der Waals surface area contributed by atoms with Crippen LogP contribution in [0, 0.1) is 6.92 Å². The van der Waals surface area contributed by atoms with Crippen molar-refractivity contribution in [3.05, 3.63) is 32.9 Å². The van der Waals surface area contributed by atoms with E-state index in [0.29, 0.717) is 12.6 Å². The number of carbonyl (C=O) groups excluding carboxylic acids is 1. The van der Waals surface area contributed by atoms with Gasteiger partial charge in [-0.1, -0.05) is 18.9 Å².